The summed E-state index contributed by atoms with van der Waals surface area (Å²) in [5, 5.41) is 19.3. The van der Waals surface area contributed by atoms with Crippen LogP contribution in [0.2, 0.25) is 0 Å². The molecular weight excluding hydrogens is 498 g/mol. The van der Waals surface area contributed by atoms with E-state index in [9.17, 15) is 5.11 Å². The van der Waals surface area contributed by atoms with Crippen molar-refractivity contribution in [3.8, 4) is 0 Å². The molecule has 2 N–H and O–H groups in total. The van der Waals surface area contributed by atoms with E-state index in [4.69, 9.17) is 9.90 Å². The fourth-order valence-corrected chi connectivity index (χ4v) is 6.03. The molecule has 0 aromatic heterocycles. The number of carbonyl (C=O) groups is 1. The quantitative estimate of drug-likeness (QED) is 0.0580. The van der Waals surface area contributed by atoms with Crippen LogP contribution < -0.4 is 0 Å². The number of thiol groups is 1. The Kier molecular flexibility index (Phi) is 27.7. The van der Waals surface area contributed by atoms with Gasteiger partial charge in [-0.2, -0.15) is 11.8 Å². The number of hydrogen-bond donors (Lipinski definition) is 3. The molecule has 0 radical (unpaired) electrons. The van der Waals surface area contributed by atoms with Gasteiger partial charge in [-0.15, -0.1) is 12.6 Å². The second-order valence-electron chi connectivity index (χ2n) is 10.5. The minimum atomic E-state index is -0.250. The number of rotatable bonds is 16. The number of allylic oxidation sites excluding steroid dienone is 4. The van der Waals surface area contributed by atoms with E-state index in [1.54, 1.807) is 5.41 Å². The van der Waals surface area contributed by atoms with E-state index < -0.39 is 0 Å². The number of nitrogens with zero attached hydrogens (tertiary/aromatic N) is 1. The van der Waals surface area contributed by atoms with Crippen molar-refractivity contribution >= 4 is 36.6 Å². The minimum Gasteiger partial charge on any atom is -0.483 e. The number of aliphatic hydroxyl groups is 1. The summed E-state index contributed by atoms with van der Waals surface area (Å²) in [6.07, 6.45) is 13.2. The van der Waals surface area contributed by atoms with Crippen molar-refractivity contribution < 1.29 is 15.0 Å². The first-order valence-electron chi connectivity index (χ1n) is 13.9. The van der Waals surface area contributed by atoms with E-state index in [0.717, 1.165) is 43.0 Å². The number of thioether (sulfide) groups is 1. The summed E-state index contributed by atoms with van der Waals surface area (Å²) in [6.45, 7) is 23.6. The van der Waals surface area contributed by atoms with Crippen molar-refractivity contribution in [1.29, 1.82) is 0 Å². The second-order valence-corrected chi connectivity index (χ2v) is 12.9. The van der Waals surface area contributed by atoms with Crippen LogP contribution in [0.5, 0.6) is 0 Å². The Bertz CT molecular complexity index is 693. The zero-order valence-corrected chi connectivity index (χ0v) is 27.5. The zero-order chi connectivity index (χ0) is 29.4. The van der Waals surface area contributed by atoms with Gasteiger partial charge in [0.2, 0.25) is 0 Å². The lowest BCUT2D eigenvalue weighted by atomic mass is 9.97. The predicted molar refractivity (Wildman–Crippen MR) is 172 cm³/mol. The van der Waals surface area contributed by atoms with Crippen LogP contribution in [-0.4, -0.2) is 38.5 Å². The van der Waals surface area contributed by atoms with Crippen LogP contribution in [0.25, 0.3) is 0 Å². The Labute approximate surface area is 240 Å². The second kappa shape index (κ2) is 25.3. The lowest BCUT2D eigenvalue weighted by Crippen LogP contribution is -2.25. The van der Waals surface area contributed by atoms with Crippen molar-refractivity contribution in [3.05, 3.63) is 34.4 Å². The topological polar surface area (TPSA) is 69.9 Å². The maximum Gasteiger partial charge on any atom is 0.290 e. The summed E-state index contributed by atoms with van der Waals surface area (Å²) in [6, 6.07) is 0. The van der Waals surface area contributed by atoms with Gasteiger partial charge in [0.25, 0.3) is 6.47 Å². The first-order valence-corrected chi connectivity index (χ1v) is 15.3. The molecule has 0 aliphatic heterocycles. The number of aliphatic imine (C=N–C) groups is 1. The maximum atomic E-state index is 10.00. The highest BCUT2D eigenvalue weighted by molar-refractivity contribution is 8.01. The van der Waals surface area contributed by atoms with Gasteiger partial charge in [-0.3, -0.25) is 9.79 Å². The van der Waals surface area contributed by atoms with Crippen molar-refractivity contribution in [2.24, 2.45) is 10.9 Å². The lowest BCUT2D eigenvalue weighted by Gasteiger charge is -2.30. The van der Waals surface area contributed by atoms with Gasteiger partial charge in [0.15, 0.2) is 0 Å². The summed E-state index contributed by atoms with van der Waals surface area (Å²) < 4.78 is 0.144. The molecule has 0 bridgehead atoms. The van der Waals surface area contributed by atoms with Crippen LogP contribution in [0, 0.1) is 5.92 Å². The van der Waals surface area contributed by atoms with Crippen molar-refractivity contribution in [2.75, 3.05) is 0 Å². The molecule has 0 amide bonds. The smallest absolute Gasteiger partial charge is 0.290 e. The molecule has 0 aromatic carbocycles. The molecule has 6 heteroatoms. The SMILES string of the molecule is CC.CCC(O)CC(C)(C)SC(C)CC(C)CCC/C(C)=C\CC/C(C)=C/C(=C/S)N=C(C)C.O=CO. The average molecular weight is 558 g/mol. The molecule has 3 unspecified atom stereocenters. The Hall–Kier alpha value is -0.980. The molecule has 0 saturated heterocycles. The van der Waals surface area contributed by atoms with E-state index >= 15 is 0 Å². The lowest BCUT2D eigenvalue weighted by molar-refractivity contribution is -0.122. The zero-order valence-electron chi connectivity index (χ0n) is 25.8. The summed E-state index contributed by atoms with van der Waals surface area (Å²) in [5.74, 6) is 0.747. The molecule has 0 aliphatic rings. The molecule has 0 rings (SSSR count). The van der Waals surface area contributed by atoms with Crippen LogP contribution in [0.3, 0.4) is 0 Å². The Balaban J connectivity index is -0.00000214. The van der Waals surface area contributed by atoms with Gasteiger partial charge in [-0.1, -0.05) is 72.1 Å². The Morgan fingerprint density at radius 2 is 1.65 bits per heavy atom. The van der Waals surface area contributed by atoms with Crippen molar-refractivity contribution in [3.63, 3.8) is 0 Å². The fourth-order valence-electron chi connectivity index (χ4n) is 4.10. The van der Waals surface area contributed by atoms with Gasteiger partial charge in [-0.25, -0.2) is 0 Å². The van der Waals surface area contributed by atoms with Gasteiger partial charge in [0.1, 0.15) is 0 Å². The van der Waals surface area contributed by atoms with Crippen LogP contribution in [0.1, 0.15) is 128 Å². The molecule has 218 valence electrons. The molecule has 0 aromatic rings. The number of aliphatic hydroxyl groups excluding tert-OH is 1. The van der Waals surface area contributed by atoms with E-state index in [1.165, 1.54) is 36.8 Å². The third-order valence-corrected chi connectivity index (χ3v) is 7.30. The standard InChI is InChI=1S/C28H51NOS2.C2H6.CH2O2/c1-10-27(30)19-28(8,9)32-25(7)17-23(5)15-11-13-22(4)14-12-16-24(6)18-26(20-31)29-21(2)3;1-2;2-1-3/h14,18,20,23,25,27,30-31H,10-13,15-17,19H2,1-9H3;1-2H3;1H,(H,2,3)/b22-14-,24-18+,26-20-;;. The van der Waals surface area contributed by atoms with E-state index in [0.29, 0.717) is 5.25 Å². The van der Waals surface area contributed by atoms with Gasteiger partial charge < -0.3 is 10.2 Å². The molecule has 37 heavy (non-hydrogen) atoms. The largest absolute Gasteiger partial charge is 0.483 e. The number of hydrogen-bond acceptors (Lipinski definition) is 5. The third kappa shape index (κ3) is 27.9. The molecule has 0 fully saturated rings. The van der Waals surface area contributed by atoms with Crippen molar-refractivity contribution in [1.82, 2.24) is 0 Å². The van der Waals surface area contributed by atoms with Crippen LogP contribution >= 0.6 is 24.4 Å². The number of carboxylic acid groups (broad SMARTS) is 1. The minimum absolute atomic E-state index is 0.144. The first kappa shape index (κ1) is 40.5. The Morgan fingerprint density at radius 1 is 1.08 bits per heavy atom. The first-order chi connectivity index (χ1) is 17.3. The molecule has 0 heterocycles. The predicted octanol–water partition coefficient (Wildman–Crippen LogP) is 9.90. The van der Waals surface area contributed by atoms with Gasteiger partial charge in [0, 0.05) is 15.7 Å². The molecular formula is C31H59NO3S2. The molecule has 0 spiro atoms. The highest BCUT2D eigenvalue weighted by Crippen LogP contribution is 2.36. The fraction of sp³-hybridized carbons (Fsp3) is 0.742. The van der Waals surface area contributed by atoms with Crippen LogP contribution in [0.4, 0.5) is 0 Å². The average Bonchev–Trinajstić information content (AvgIpc) is 2.79. The summed E-state index contributed by atoms with van der Waals surface area (Å²) >= 11 is 6.31. The van der Waals surface area contributed by atoms with E-state index in [2.05, 4.69) is 78.2 Å². The van der Waals surface area contributed by atoms with Crippen LogP contribution in [-0.2, 0) is 4.79 Å². The monoisotopic (exact) mass is 557 g/mol. The molecule has 0 aliphatic carbocycles. The van der Waals surface area contributed by atoms with Gasteiger partial charge in [0.05, 0.1) is 11.8 Å². The van der Waals surface area contributed by atoms with Gasteiger partial charge in [-0.05, 0) is 90.0 Å². The summed E-state index contributed by atoms with van der Waals surface area (Å²) in [4.78, 5) is 12.8. The van der Waals surface area contributed by atoms with Gasteiger partial charge >= 0.3 is 0 Å². The highest BCUT2D eigenvalue weighted by Gasteiger charge is 2.25. The third-order valence-electron chi connectivity index (χ3n) is 5.63. The van der Waals surface area contributed by atoms with Crippen molar-refractivity contribution in [2.45, 2.75) is 144 Å². The van der Waals surface area contributed by atoms with E-state index in [1.807, 2.05) is 39.5 Å². The molecule has 0 saturated carbocycles. The molecule has 4 nitrogen and oxygen atoms in total. The Morgan fingerprint density at radius 3 is 2.14 bits per heavy atom. The summed E-state index contributed by atoms with van der Waals surface area (Å²) in [7, 11) is 0. The van der Waals surface area contributed by atoms with E-state index in [-0.39, 0.29) is 17.3 Å². The normalized spacial score (nSPS) is 14.9. The maximum absolute atomic E-state index is 10.00. The highest BCUT2D eigenvalue weighted by atomic mass is 32.2. The van der Waals surface area contributed by atoms with Crippen LogP contribution in [0.15, 0.2) is 39.4 Å². The summed E-state index contributed by atoms with van der Waals surface area (Å²) in [5.41, 5.74) is 4.83. The molecule has 3 atom stereocenters.